The zero-order chi connectivity index (χ0) is 20.4. The number of hydrogen-bond acceptors (Lipinski definition) is 3. The number of benzene rings is 3. The minimum Gasteiger partial charge on any atom is -0.496 e. The third-order valence-corrected chi connectivity index (χ3v) is 6.13. The minimum atomic E-state index is -0.777. The third kappa shape index (κ3) is 3.68. The molecule has 1 aliphatic rings. The summed E-state index contributed by atoms with van der Waals surface area (Å²) in [6.45, 7) is 0.992. The topological polar surface area (TPSA) is 47.6 Å². The number of halogens is 2. The van der Waals surface area contributed by atoms with Gasteiger partial charge in [-0.3, -0.25) is 4.79 Å². The van der Waals surface area contributed by atoms with Crippen LogP contribution in [0.2, 0.25) is 10.0 Å². The molecule has 1 N–H and O–H groups in total. The fourth-order valence-corrected chi connectivity index (χ4v) is 4.61. The van der Waals surface area contributed by atoms with Gasteiger partial charge in [-0.1, -0.05) is 53.5 Å². The van der Waals surface area contributed by atoms with Gasteiger partial charge in [0.1, 0.15) is 5.75 Å². The molecule has 0 bridgehead atoms. The van der Waals surface area contributed by atoms with Crippen LogP contribution in [0.4, 0.5) is 5.69 Å². The van der Waals surface area contributed by atoms with Gasteiger partial charge in [-0.2, -0.15) is 0 Å². The summed E-state index contributed by atoms with van der Waals surface area (Å²) in [5.74, 6) is 0.667. The molecule has 0 radical (unpaired) electrons. The summed E-state index contributed by atoms with van der Waals surface area (Å²) in [5, 5.41) is 6.05. The summed E-state index contributed by atoms with van der Waals surface area (Å²) < 4.78 is 11.0. The molecule has 1 saturated heterocycles. The first-order valence-electron chi connectivity index (χ1n) is 9.45. The summed E-state index contributed by atoms with van der Waals surface area (Å²) in [6, 6.07) is 16.9. The van der Waals surface area contributed by atoms with E-state index in [4.69, 9.17) is 32.7 Å². The molecule has 29 heavy (non-hydrogen) atoms. The first-order valence-corrected chi connectivity index (χ1v) is 10.2. The third-order valence-electron chi connectivity index (χ3n) is 5.58. The zero-order valence-electron chi connectivity index (χ0n) is 16.0. The SMILES string of the molecule is COc1ccc(NC(=O)C2(c3ccc(Cl)cc3Cl)CCOCC2)c2ccccc12. The quantitative estimate of drug-likeness (QED) is 0.566. The number of amides is 1. The van der Waals surface area contributed by atoms with E-state index in [1.165, 1.54) is 0 Å². The number of ether oxygens (including phenoxy) is 2. The van der Waals surface area contributed by atoms with Gasteiger partial charge in [0.25, 0.3) is 0 Å². The smallest absolute Gasteiger partial charge is 0.235 e. The van der Waals surface area contributed by atoms with Crippen LogP contribution in [0.15, 0.2) is 54.6 Å². The summed E-state index contributed by atoms with van der Waals surface area (Å²) in [4.78, 5) is 13.6. The Morgan fingerprint density at radius 3 is 2.45 bits per heavy atom. The average Bonchev–Trinajstić information content (AvgIpc) is 2.74. The molecule has 0 aromatic heterocycles. The van der Waals surface area contributed by atoms with E-state index in [2.05, 4.69) is 5.32 Å². The predicted molar refractivity (Wildman–Crippen MR) is 117 cm³/mol. The number of nitrogens with one attached hydrogen (secondary N) is 1. The number of rotatable bonds is 4. The van der Waals surface area contributed by atoms with Gasteiger partial charge in [0.05, 0.1) is 12.5 Å². The van der Waals surface area contributed by atoms with E-state index in [0.29, 0.717) is 36.1 Å². The standard InChI is InChI=1S/C23H21Cl2NO3/c1-28-21-9-8-20(16-4-2-3-5-17(16)21)26-22(27)23(10-12-29-13-11-23)18-7-6-15(24)14-19(18)25/h2-9,14H,10-13H2,1H3,(H,26,27). The van der Waals surface area contributed by atoms with Crippen LogP contribution < -0.4 is 10.1 Å². The van der Waals surface area contributed by atoms with Crippen LogP contribution in [0.3, 0.4) is 0 Å². The maximum absolute atomic E-state index is 13.6. The van der Waals surface area contributed by atoms with Gasteiger partial charge in [-0.25, -0.2) is 0 Å². The molecule has 4 nitrogen and oxygen atoms in total. The van der Waals surface area contributed by atoms with Crippen molar-refractivity contribution >= 4 is 45.6 Å². The Kier molecular flexibility index (Phi) is 5.68. The lowest BCUT2D eigenvalue weighted by Crippen LogP contribution is -2.45. The van der Waals surface area contributed by atoms with Gasteiger partial charge >= 0.3 is 0 Å². The van der Waals surface area contributed by atoms with Crippen molar-refractivity contribution in [1.29, 1.82) is 0 Å². The molecule has 0 aliphatic carbocycles. The Bertz CT molecular complexity index is 1060. The monoisotopic (exact) mass is 429 g/mol. The maximum Gasteiger partial charge on any atom is 0.235 e. The highest BCUT2D eigenvalue weighted by molar-refractivity contribution is 6.35. The van der Waals surface area contributed by atoms with Crippen molar-refractivity contribution in [2.75, 3.05) is 25.6 Å². The number of carbonyl (C=O) groups excluding carboxylic acids is 1. The van der Waals surface area contributed by atoms with Crippen molar-refractivity contribution in [2.45, 2.75) is 18.3 Å². The molecule has 1 fully saturated rings. The highest BCUT2D eigenvalue weighted by Crippen LogP contribution is 2.41. The number of methoxy groups -OCH3 is 1. The summed E-state index contributed by atoms with van der Waals surface area (Å²) >= 11 is 12.6. The van der Waals surface area contributed by atoms with Crippen LogP contribution in [0.25, 0.3) is 10.8 Å². The highest BCUT2D eigenvalue weighted by atomic mass is 35.5. The predicted octanol–water partition coefficient (Wildman–Crippen LogP) is 5.84. The van der Waals surface area contributed by atoms with Crippen LogP contribution in [-0.4, -0.2) is 26.2 Å². The molecule has 0 unspecified atom stereocenters. The number of hydrogen-bond donors (Lipinski definition) is 1. The average molecular weight is 430 g/mol. The maximum atomic E-state index is 13.6. The van der Waals surface area contributed by atoms with E-state index in [0.717, 1.165) is 27.8 Å². The van der Waals surface area contributed by atoms with Gasteiger partial charge in [0.2, 0.25) is 5.91 Å². The van der Waals surface area contributed by atoms with Crippen LogP contribution in [-0.2, 0) is 14.9 Å². The van der Waals surface area contributed by atoms with Crippen LogP contribution >= 0.6 is 23.2 Å². The first kappa shape index (κ1) is 20.0. The molecule has 3 aromatic rings. The molecule has 1 amide bonds. The summed E-state index contributed by atoms with van der Waals surface area (Å²) in [7, 11) is 1.64. The van der Waals surface area contributed by atoms with Crippen molar-refractivity contribution < 1.29 is 14.3 Å². The van der Waals surface area contributed by atoms with E-state index in [1.54, 1.807) is 19.2 Å². The molecule has 1 aliphatic heterocycles. The van der Waals surface area contributed by atoms with Crippen molar-refractivity contribution in [3.63, 3.8) is 0 Å². The van der Waals surface area contributed by atoms with E-state index >= 15 is 0 Å². The molecule has 0 spiro atoms. The number of carbonyl (C=O) groups is 1. The Labute approximate surface area is 179 Å². The van der Waals surface area contributed by atoms with Crippen LogP contribution in [0.5, 0.6) is 5.75 Å². The second-order valence-electron chi connectivity index (χ2n) is 7.13. The molecule has 0 saturated carbocycles. The zero-order valence-corrected chi connectivity index (χ0v) is 17.5. The van der Waals surface area contributed by atoms with E-state index in [9.17, 15) is 4.79 Å². The van der Waals surface area contributed by atoms with Crippen molar-refractivity contribution in [3.05, 3.63) is 70.2 Å². The Balaban J connectivity index is 1.76. The van der Waals surface area contributed by atoms with E-state index in [1.807, 2.05) is 42.5 Å². The largest absolute Gasteiger partial charge is 0.496 e. The van der Waals surface area contributed by atoms with Crippen LogP contribution in [0, 0.1) is 0 Å². The van der Waals surface area contributed by atoms with Crippen molar-refractivity contribution in [2.24, 2.45) is 0 Å². The second-order valence-corrected chi connectivity index (χ2v) is 7.98. The fraction of sp³-hybridized carbons (Fsp3) is 0.261. The first-order chi connectivity index (χ1) is 14.0. The molecule has 4 rings (SSSR count). The molecule has 3 aromatic carbocycles. The van der Waals surface area contributed by atoms with E-state index in [-0.39, 0.29) is 5.91 Å². The van der Waals surface area contributed by atoms with Gasteiger partial charge in [-0.15, -0.1) is 0 Å². The Morgan fingerprint density at radius 1 is 1.03 bits per heavy atom. The van der Waals surface area contributed by atoms with Crippen molar-refractivity contribution in [1.82, 2.24) is 0 Å². The molecule has 0 atom stereocenters. The van der Waals surface area contributed by atoms with Crippen LogP contribution in [0.1, 0.15) is 18.4 Å². The van der Waals surface area contributed by atoms with Gasteiger partial charge in [0, 0.05) is 39.7 Å². The number of anilines is 1. The lowest BCUT2D eigenvalue weighted by molar-refractivity contribution is -0.125. The highest BCUT2D eigenvalue weighted by Gasteiger charge is 2.43. The summed E-state index contributed by atoms with van der Waals surface area (Å²) in [6.07, 6.45) is 1.10. The molecule has 150 valence electrons. The van der Waals surface area contributed by atoms with Crippen molar-refractivity contribution in [3.8, 4) is 5.75 Å². The van der Waals surface area contributed by atoms with Gasteiger partial charge in [-0.05, 0) is 42.7 Å². The number of fused-ring (bicyclic) bond motifs is 1. The van der Waals surface area contributed by atoms with Gasteiger partial charge in [0.15, 0.2) is 0 Å². The lowest BCUT2D eigenvalue weighted by Gasteiger charge is -2.37. The van der Waals surface area contributed by atoms with Gasteiger partial charge < -0.3 is 14.8 Å². The fourth-order valence-electron chi connectivity index (χ4n) is 4.02. The minimum absolute atomic E-state index is 0.0969. The summed E-state index contributed by atoms with van der Waals surface area (Å²) in [5.41, 5.74) is 0.741. The lowest BCUT2D eigenvalue weighted by atomic mass is 9.73. The molecule has 1 heterocycles. The Hall–Kier alpha value is -2.27. The molecular formula is C23H21Cl2NO3. The molecular weight excluding hydrogens is 409 g/mol. The second kappa shape index (κ2) is 8.23. The molecule has 6 heteroatoms. The van der Waals surface area contributed by atoms with E-state index < -0.39 is 5.41 Å². The normalized spacial score (nSPS) is 15.8. The Morgan fingerprint density at radius 2 is 1.76 bits per heavy atom.